The zero-order valence-electron chi connectivity index (χ0n) is 15.4. The van der Waals surface area contributed by atoms with E-state index < -0.39 is 0 Å². The molecule has 24 heavy (non-hydrogen) atoms. The maximum Gasteiger partial charge on any atom is 0.0670 e. The average Bonchev–Trinajstić information content (AvgIpc) is 2.58. The van der Waals surface area contributed by atoms with Gasteiger partial charge in [-0.2, -0.15) is 0 Å². The third kappa shape index (κ3) is 5.19. The molecule has 0 fully saturated rings. The van der Waals surface area contributed by atoms with Gasteiger partial charge in [-0.25, -0.2) is 0 Å². The summed E-state index contributed by atoms with van der Waals surface area (Å²) < 4.78 is 0. The van der Waals surface area contributed by atoms with Gasteiger partial charge in [-0.15, -0.1) is 0 Å². The molecule has 0 bridgehead atoms. The van der Waals surface area contributed by atoms with Crippen LogP contribution in [0.2, 0.25) is 0 Å². The Morgan fingerprint density at radius 2 is 1.42 bits per heavy atom. The van der Waals surface area contributed by atoms with Gasteiger partial charge >= 0.3 is 0 Å². The van der Waals surface area contributed by atoms with E-state index in [-0.39, 0.29) is 6.10 Å². The standard InChI is InChI=1S/C22H31NO/c1-17(2)23(18(3)4)16-21(24)15-14-20-12-8-9-13-22(20)19-10-6-5-7-11-19/h5-13,17-18,21,24H,14-16H2,1-4H3. The van der Waals surface area contributed by atoms with Crippen molar-refractivity contribution in [3.63, 3.8) is 0 Å². The number of nitrogens with zero attached hydrogens (tertiary/aromatic N) is 1. The molecule has 1 atom stereocenters. The SMILES string of the molecule is CC(C)N(CC(O)CCc1ccccc1-c1ccccc1)C(C)C. The Morgan fingerprint density at radius 1 is 0.833 bits per heavy atom. The van der Waals surface area contributed by atoms with E-state index in [1.165, 1.54) is 16.7 Å². The molecule has 0 saturated carbocycles. The molecule has 0 aliphatic rings. The Bertz CT molecular complexity index is 598. The number of benzene rings is 2. The van der Waals surface area contributed by atoms with Crippen molar-refractivity contribution in [2.75, 3.05) is 6.54 Å². The number of hydrogen-bond donors (Lipinski definition) is 1. The first kappa shape index (κ1) is 18.7. The molecule has 0 radical (unpaired) electrons. The van der Waals surface area contributed by atoms with Crippen LogP contribution in [-0.2, 0) is 6.42 Å². The molecular weight excluding hydrogens is 294 g/mol. The molecule has 2 nitrogen and oxygen atoms in total. The lowest BCUT2D eigenvalue weighted by Crippen LogP contribution is -2.42. The van der Waals surface area contributed by atoms with Crippen molar-refractivity contribution in [3.8, 4) is 11.1 Å². The number of aliphatic hydroxyl groups excluding tert-OH is 1. The minimum Gasteiger partial charge on any atom is -0.392 e. The molecule has 130 valence electrons. The van der Waals surface area contributed by atoms with Crippen molar-refractivity contribution >= 4 is 0 Å². The molecular formula is C22H31NO. The molecule has 0 heterocycles. The quantitative estimate of drug-likeness (QED) is 0.756. The Morgan fingerprint density at radius 3 is 2.04 bits per heavy atom. The summed E-state index contributed by atoms with van der Waals surface area (Å²) in [6.07, 6.45) is 1.40. The van der Waals surface area contributed by atoms with Crippen LogP contribution >= 0.6 is 0 Å². The zero-order valence-corrected chi connectivity index (χ0v) is 15.4. The Hall–Kier alpha value is -1.64. The lowest BCUT2D eigenvalue weighted by molar-refractivity contribution is 0.0709. The Balaban J connectivity index is 2.02. The van der Waals surface area contributed by atoms with Crippen LogP contribution in [-0.4, -0.2) is 34.7 Å². The first-order valence-corrected chi connectivity index (χ1v) is 9.06. The maximum atomic E-state index is 10.5. The molecule has 2 heteroatoms. The van der Waals surface area contributed by atoms with Gasteiger partial charge in [0.15, 0.2) is 0 Å². The van der Waals surface area contributed by atoms with Gasteiger partial charge in [0.1, 0.15) is 0 Å². The van der Waals surface area contributed by atoms with Crippen LogP contribution in [0, 0.1) is 0 Å². The van der Waals surface area contributed by atoms with Gasteiger partial charge in [-0.05, 0) is 57.2 Å². The van der Waals surface area contributed by atoms with Crippen molar-refractivity contribution < 1.29 is 5.11 Å². The van der Waals surface area contributed by atoms with Crippen LogP contribution in [0.15, 0.2) is 54.6 Å². The van der Waals surface area contributed by atoms with Crippen molar-refractivity contribution in [3.05, 3.63) is 60.2 Å². The second-order valence-corrected chi connectivity index (χ2v) is 7.10. The third-order valence-electron chi connectivity index (χ3n) is 4.60. The second kappa shape index (κ2) is 9.00. The van der Waals surface area contributed by atoms with Crippen LogP contribution in [0.5, 0.6) is 0 Å². The predicted octanol–water partition coefficient (Wildman–Crippen LogP) is 4.77. The predicted molar refractivity (Wildman–Crippen MR) is 103 cm³/mol. The fourth-order valence-electron chi connectivity index (χ4n) is 3.31. The lowest BCUT2D eigenvalue weighted by Gasteiger charge is -2.32. The summed E-state index contributed by atoms with van der Waals surface area (Å²) in [5, 5.41) is 10.5. The van der Waals surface area contributed by atoms with E-state index in [2.05, 4.69) is 81.1 Å². The number of hydrogen-bond acceptors (Lipinski definition) is 2. The van der Waals surface area contributed by atoms with E-state index >= 15 is 0 Å². The largest absolute Gasteiger partial charge is 0.392 e. The molecule has 0 aliphatic heterocycles. The highest BCUT2D eigenvalue weighted by Crippen LogP contribution is 2.24. The van der Waals surface area contributed by atoms with Crippen LogP contribution < -0.4 is 0 Å². The van der Waals surface area contributed by atoms with E-state index in [0.29, 0.717) is 12.1 Å². The van der Waals surface area contributed by atoms with Crippen LogP contribution in [0.25, 0.3) is 11.1 Å². The Kier molecular flexibility index (Phi) is 7.01. The molecule has 0 saturated heterocycles. The highest BCUT2D eigenvalue weighted by molar-refractivity contribution is 5.67. The molecule has 1 N–H and O–H groups in total. The average molecular weight is 325 g/mol. The summed E-state index contributed by atoms with van der Waals surface area (Å²) in [6, 6.07) is 19.9. The van der Waals surface area contributed by atoms with Gasteiger partial charge in [0.2, 0.25) is 0 Å². The molecule has 0 spiro atoms. The van der Waals surface area contributed by atoms with Crippen molar-refractivity contribution in [2.24, 2.45) is 0 Å². The fourth-order valence-corrected chi connectivity index (χ4v) is 3.31. The Labute approximate surface area is 147 Å². The first-order valence-electron chi connectivity index (χ1n) is 9.06. The highest BCUT2D eigenvalue weighted by atomic mass is 16.3. The highest BCUT2D eigenvalue weighted by Gasteiger charge is 2.17. The minimum absolute atomic E-state index is 0.293. The molecule has 0 amide bonds. The van der Waals surface area contributed by atoms with E-state index in [9.17, 15) is 5.11 Å². The summed E-state index contributed by atoms with van der Waals surface area (Å²) in [6.45, 7) is 9.51. The summed E-state index contributed by atoms with van der Waals surface area (Å²) in [5.74, 6) is 0. The van der Waals surface area contributed by atoms with Crippen molar-refractivity contribution in [2.45, 2.75) is 58.7 Å². The molecule has 2 aromatic rings. The number of aliphatic hydroxyl groups is 1. The minimum atomic E-state index is -0.293. The lowest BCUT2D eigenvalue weighted by atomic mass is 9.95. The van der Waals surface area contributed by atoms with E-state index in [1.54, 1.807) is 0 Å². The summed E-state index contributed by atoms with van der Waals surface area (Å²) >= 11 is 0. The topological polar surface area (TPSA) is 23.5 Å². The molecule has 2 rings (SSSR count). The van der Waals surface area contributed by atoms with Crippen LogP contribution in [0.4, 0.5) is 0 Å². The third-order valence-corrected chi connectivity index (χ3v) is 4.60. The fraction of sp³-hybridized carbons (Fsp3) is 0.455. The van der Waals surface area contributed by atoms with E-state index in [4.69, 9.17) is 0 Å². The van der Waals surface area contributed by atoms with Gasteiger partial charge in [0.25, 0.3) is 0 Å². The smallest absolute Gasteiger partial charge is 0.0670 e. The zero-order chi connectivity index (χ0) is 17.5. The number of rotatable bonds is 8. The molecule has 0 aliphatic carbocycles. The van der Waals surface area contributed by atoms with Gasteiger partial charge in [0.05, 0.1) is 6.10 Å². The first-order chi connectivity index (χ1) is 11.5. The van der Waals surface area contributed by atoms with Crippen LogP contribution in [0.3, 0.4) is 0 Å². The van der Waals surface area contributed by atoms with Gasteiger partial charge in [0, 0.05) is 18.6 Å². The molecule has 2 aromatic carbocycles. The summed E-state index contributed by atoms with van der Waals surface area (Å²) in [7, 11) is 0. The van der Waals surface area contributed by atoms with Gasteiger partial charge < -0.3 is 5.11 Å². The van der Waals surface area contributed by atoms with Gasteiger partial charge in [-0.3, -0.25) is 4.90 Å². The molecule has 0 aromatic heterocycles. The van der Waals surface area contributed by atoms with E-state index in [1.807, 2.05) is 6.07 Å². The monoisotopic (exact) mass is 325 g/mol. The van der Waals surface area contributed by atoms with Crippen molar-refractivity contribution in [1.29, 1.82) is 0 Å². The van der Waals surface area contributed by atoms with Gasteiger partial charge in [-0.1, -0.05) is 54.6 Å². The second-order valence-electron chi connectivity index (χ2n) is 7.10. The molecule has 1 unspecified atom stereocenters. The van der Waals surface area contributed by atoms with Crippen molar-refractivity contribution in [1.82, 2.24) is 4.90 Å². The van der Waals surface area contributed by atoms with Crippen LogP contribution in [0.1, 0.15) is 39.7 Å². The maximum absolute atomic E-state index is 10.5. The number of aryl methyl sites for hydroxylation is 1. The van der Waals surface area contributed by atoms with E-state index in [0.717, 1.165) is 19.4 Å². The summed E-state index contributed by atoms with van der Waals surface area (Å²) in [4.78, 5) is 2.35. The normalized spacial score (nSPS) is 13.0. The summed E-state index contributed by atoms with van der Waals surface area (Å²) in [5.41, 5.74) is 3.83.